The number of ketones is 2. The van der Waals surface area contributed by atoms with Gasteiger partial charge in [-0.1, -0.05) is 30.3 Å². The molecule has 0 atom stereocenters. The van der Waals surface area contributed by atoms with Gasteiger partial charge in [-0.2, -0.15) is 0 Å². The van der Waals surface area contributed by atoms with Gasteiger partial charge in [-0.15, -0.1) is 0 Å². The van der Waals surface area contributed by atoms with Crippen molar-refractivity contribution in [1.29, 1.82) is 0 Å². The van der Waals surface area contributed by atoms with Crippen LogP contribution in [0.3, 0.4) is 0 Å². The van der Waals surface area contributed by atoms with Crippen molar-refractivity contribution in [2.45, 2.75) is 44.7 Å². The molecular weight excluding hydrogens is 292 g/mol. The lowest BCUT2D eigenvalue weighted by molar-refractivity contribution is -0.124. The van der Waals surface area contributed by atoms with Crippen LogP contribution < -0.4 is 22.9 Å². The maximum absolute atomic E-state index is 11.1. The predicted octanol–water partition coefficient (Wildman–Crippen LogP) is 0.985. The van der Waals surface area contributed by atoms with E-state index in [0.717, 1.165) is 18.4 Å². The molecule has 0 radical (unpaired) electrons. The molecule has 6 nitrogen and oxygen atoms in total. The van der Waals surface area contributed by atoms with Crippen LogP contribution in [0.15, 0.2) is 30.3 Å². The van der Waals surface area contributed by atoms with Crippen LogP contribution in [-0.4, -0.2) is 24.7 Å². The normalized spacial score (nSPS) is 10.1. The average Bonchev–Trinajstić information content (AvgIpc) is 2.57. The summed E-state index contributed by atoms with van der Waals surface area (Å²) < 4.78 is 0. The van der Waals surface area contributed by atoms with Crippen molar-refractivity contribution in [3.63, 3.8) is 0 Å². The van der Waals surface area contributed by atoms with Crippen LogP contribution in [0, 0.1) is 0 Å². The highest BCUT2D eigenvalue weighted by Crippen LogP contribution is 2.02. The first-order valence-corrected chi connectivity index (χ1v) is 8.00. The number of carbonyl (C=O) groups excluding carboxylic acids is 2. The van der Waals surface area contributed by atoms with E-state index in [4.69, 9.17) is 22.9 Å². The third kappa shape index (κ3) is 12.6. The van der Waals surface area contributed by atoms with Crippen LogP contribution in [0.4, 0.5) is 0 Å². The van der Waals surface area contributed by atoms with E-state index in [-0.39, 0.29) is 17.7 Å². The molecule has 0 aliphatic carbocycles. The number of benzene rings is 1. The lowest BCUT2D eigenvalue weighted by atomic mass is 10.1. The molecule has 8 N–H and O–H groups in total. The van der Waals surface area contributed by atoms with Gasteiger partial charge in [-0.05, 0) is 31.5 Å². The summed E-state index contributed by atoms with van der Waals surface area (Å²) in [5.74, 6) is 0.271. The second kappa shape index (κ2) is 14.0. The summed E-state index contributed by atoms with van der Waals surface area (Å²) in [6.07, 6.45) is 2.82. The van der Waals surface area contributed by atoms with Crippen LogP contribution in [0.1, 0.15) is 50.3 Å². The third-order valence-corrected chi connectivity index (χ3v) is 3.19. The zero-order valence-electron chi connectivity index (χ0n) is 13.7. The Morgan fingerprint density at radius 2 is 1.22 bits per heavy atom. The van der Waals surface area contributed by atoms with E-state index in [2.05, 4.69) is 0 Å². The summed E-state index contributed by atoms with van der Waals surface area (Å²) in [5.41, 5.74) is 22.3. The van der Waals surface area contributed by atoms with Crippen molar-refractivity contribution in [2.75, 3.05) is 13.1 Å². The molecule has 1 aromatic carbocycles. The van der Waals surface area contributed by atoms with Crippen molar-refractivity contribution in [3.8, 4) is 0 Å². The first kappa shape index (κ1) is 21.4. The van der Waals surface area contributed by atoms with E-state index in [1.807, 2.05) is 30.3 Å². The number of rotatable bonds is 10. The van der Waals surface area contributed by atoms with Gasteiger partial charge >= 0.3 is 0 Å². The zero-order valence-corrected chi connectivity index (χ0v) is 13.7. The Bertz CT molecular complexity index is 415. The molecule has 0 saturated carbocycles. The zero-order chi connectivity index (χ0) is 17.5. The molecule has 0 unspecified atom stereocenters. The van der Waals surface area contributed by atoms with E-state index in [0.29, 0.717) is 38.8 Å². The Morgan fingerprint density at radius 3 is 1.52 bits per heavy atom. The molecular formula is C17H30N4O2. The fourth-order valence-corrected chi connectivity index (χ4v) is 1.80. The van der Waals surface area contributed by atoms with E-state index in [9.17, 15) is 9.59 Å². The maximum Gasteiger partial charge on any atom is 0.133 e. The second-order valence-electron chi connectivity index (χ2n) is 5.30. The molecule has 0 aliphatic heterocycles. The average molecular weight is 322 g/mol. The predicted molar refractivity (Wildman–Crippen MR) is 93.4 cm³/mol. The molecule has 6 heteroatoms. The summed E-state index contributed by atoms with van der Waals surface area (Å²) in [6, 6.07) is 9.59. The largest absolute Gasteiger partial charge is 0.330 e. The van der Waals surface area contributed by atoms with Crippen LogP contribution >= 0.6 is 0 Å². The lowest BCUT2D eigenvalue weighted by Crippen LogP contribution is -2.19. The molecule has 1 aromatic rings. The van der Waals surface area contributed by atoms with Gasteiger partial charge in [0.25, 0.3) is 0 Å². The van der Waals surface area contributed by atoms with Gasteiger partial charge in [0.15, 0.2) is 0 Å². The highest BCUT2D eigenvalue weighted by atomic mass is 16.1. The van der Waals surface area contributed by atoms with E-state index in [1.54, 1.807) is 0 Å². The van der Waals surface area contributed by atoms with E-state index < -0.39 is 0 Å². The Labute approximate surface area is 138 Å². The van der Waals surface area contributed by atoms with Gasteiger partial charge in [0, 0.05) is 25.7 Å². The minimum Gasteiger partial charge on any atom is -0.330 e. The number of Topliss-reactive ketones (excluding diaryl/α,β-unsaturated/α-hetero) is 2. The van der Waals surface area contributed by atoms with Gasteiger partial charge < -0.3 is 22.9 Å². The van der Waals surface area contributed by atoms with Crippen LogP contribution in [-0.2, 0) is 9.59 Å². The van der Waals surface area contributed by atoms with Gasteiger partial charge in [-0.3, -0.25) is 9.59 Å². The molecule has 0 bridgehead atoms. The second-order valence-corrected chi connectivity index (χ2v) is 5.30. The molecule has 0 amide bonds. The summed E-state index contributed by atoms with van der Waals surface area (Å²) in [7, 11) is 0. The molecule has 0 heterocycles. The van der Waals surface area contributed by atoms with Gasteiger partial charge in [0.05, 0.1) is 6.17 Å². The molecule has 0 spiro atoms. The highest BCUT2D eigenvalue weighted by molar-refractivity contribution is 5.85. The third-order valence-electron chi connectivity index (χ3n) is 3.19. The van der Waals surface area contributed by atoms with E-state index >= 15 is 0 Å². The molecule has 0 aliphatic rings. The van der Waals surface area contributed by atoms with Crippen molar-refractivity contribution >= 4 is 11.6 Å². The van der Waals surface area contributed by atoms with Crippen molar-refractivity contribution in [3.05, 3.63) is 35.9 Å². The standard InChI is InChI=1S/C10H20N2O2.C7H10N2/c11-7-1-3-9(13)5-6-10(14)4-2-8-12;8-7(9)6-4-2-1-3-5-6/h1-8,11-12H2;1-5,7H,8-9H2. The summed E-state index contributed by atoms with van der Waals surface area (Å²) in [4.78, 5) is 22.3. The fourth-order valence-electron chi connectivity index (χ4n) is 1.80. The molecule has 0 saturated heterocycles. The van der Waals surface area contributed by atoms with E-state index in [1.165, 1.54) is 0 Å². The fraction of sp³-hybridized carbons (Fsp3) is 0.529. The summed E-state index contributed by atoms with van der Waals surface area (Å²) in [6.45, 7) is 1.07. The number of hydrogen-bond acceptors (Lipinski definition) is 6. The van der Waals surface area contributed by atoms with Crippen LogP contribution in [0.2, 0.25) is 0 Å². The first-order chi connectivity index (χ1) is 11.0. The monoisotopic (exact) mass is 322 g/mol. The number of carbonyl (C=O) groups is 2. The number of hydrogen-bond donors (Lipinski definition) is 4. The SMILES string of the molecule is NC(N)c1ccccc1.NCCCC(=O)CCC(=O)CCCN. The van der Waals surface area contributed by atoms with Crippen LogP contribution in [0.5, 0.6) is 0 Å². The molecule has 23 heavy (non-hydrogen) atoms. The smallest absolute Gasteiger partial charge is 0.133 e. The van der Waals surface area contributed by atoms with Gasteiger partial charge in [0.1, 0.15) is 11.6 Å². The Kier molecular flexibility index (Phi) is 13.0. The van der Waals surface area contributed by atoms with Crippen LogP contribution in [0.25, 0.3) is 0 Å². The van der Waals surface area contributed by atoms with Crippen molar-refractivity contribution in [1.82, 2.24) is 0 Å². The summed E-state index contributed by atoms with van der Waals surface area (Å²) >= 11 is 0. The Balaban J connectivity index is 0.000000459. The first-order valence-electron chi connectivity index (χ1n) is 8.00. The molecule has 1 rings (SSSR count). The quantitative estimate of drug-likeness (QED) is 0.474. The van der Waals surface area contributed by atoms with Crippen molar-refractivity contribution < 1.29 is 9.59 Å². The minimum absolute atomic E-state index is 0.136. The highest BCUT2D eigenvalue weighted by Gasteiger charge is 2.06. The number of nitrogens with two attached hydrogens (primary N) is 4. The molecule has 130 valence electrons. The van der Waals surface area contributed by atoms with Gasteiger partial charge in [0.2, 0.25) is 0 Å². The molecule has 0 aromatic heterocycles. The van der Waals surface area contributed by atoms with Crippen molar-refractivity contribution in [2.24, 2.45) is 22.9 Å². The summed E-state index contributed by atoms with van der Waals surface area (Å²) in [5, 5.41) is 0. The molecule has 0 fully saturated rings. The lowest BCUT2D eigenvalue weighted by Gasteiger charge is -2.02. The Morgan fingerprint density at radius 1 is 0.783 bits per heavy atom. The van der Waals surface area contributed by atoms with Gasteiger partial charge in [-0.25, -0.2) is 0 Å². The Hall–Kier alpha value is -1.60. The minimum atomic E-state index is -0.341. The topological polar surface area (TPSA) is 138 Å². The maximum atomic E-state index is 11.1.